The van der Waals surface area contributed by atoms with Gasteiger partial charge in [0, 0.05) is 38.9 Å². The lowest BCUT2D eigenvalue weighted by Gasteiger charge is -2.19. The zero-order valence-electron chi connectivity index (χ0n) is 33.2. The average molecular weight is 789 g/mol. The fourth-order valence-corrected chi connectivity index (χ4v) is 8.99. The Morgan fingerprint density at radius 1 is 0.355 bits per heavy atom. The molecule has 8 aromatic carbocycles. The van der Waals surface area contributed by atoms with Crippen molar-refractivity contribution < 1.29 is 0 Å². The van der Waals surface area contributed by atoms with Gasteiger partial charge in [-0.15, -0.1) is 0 Å². The van der Waals surface area contributed by atoms with Gasteiger partial charge < -0.3 is 9.13 Å². The third-order valence-electron chi connectivity index (χ3n) is 11.9. The Labute approximate surface area is 357 Å². The molecule has 6 nitrogen and oxygen atoms in total. The van der Waals surface area contributed by atoms with Gasteiger partial charge in [-0.05, 0) is 94.5 Å². The number of aromatic nitrogens is 3. The monoisotopic (exact) mass is 788 g/mol. The van der Waals surface area contributed by atoms with Gasteiger partial charge in [-0.25, -0.2) is 0 Å². The first-order chi connectivity index (χ1) is 30.6. The van der Waals surface area contributed by atoms with Gasteiger partial charge in [0.05, 0.1) is 62.4 Å². The third-order valence-corrected chi connectivity index (χ3v) is 11.9. The molecule has 0 atom stereocenters. The predicted octanol–water partition coefficient (Wildman–Crippen LogP) is 13.6. The number of hydrogen-bond donors (Lipinski definition) is 0. The molecule has 0 saturated carbocycles. The van der Waals surface area contributed by atoms with E-state index in [4.69, 9.17) is 4.98 Å². The van der Waals surface area contributed by atoms with Crippen molar-refractivity contribution in [2.75, 3.05) is 0 Å². The molecule has 0 amide bonds. The summed E-state index contributed by atoms with van der Waals surface area (Å²) in [6, 6.07) is 70.7. The predicted molar refractivity (Wildman–Crippen MR) is 249 cm³/mol. The van der Waals surface area contributed by atoms with Crippen molar-refractivity contribution in [1.82, 2.24) is 14.1 Å². The quantitative estimate of drug-likeness (QED) is 0.168. The molecule has 0 radical (unpaired) electrons. The van der Waals surface area contributed by atoms with E-state index in [-0.39, 0.29) is 0 Å². The Kier molecular flexibility index (Phi) is 8.54. The Morgan fingerprint density at radius 3 is 1.32 bits per heavy atom. The number of rotatable bonds is 6. The van der Waals surface area contributed by atoms with Crippen molar-refractivity contribution >= 4 is 43.6 Å². The van der Waals surface area contributed by atoms with E-state index >= 15 is 0 Å². The molecule has 0 aliphatic heterocycles. The van der Waals surface area contributed by atoms with Gasteiger partial charge in [-0.1, -0.05) is 121 Å². The van der Waals surface area contributed by atoms with Gasteiger partial charge in [0.1, 0.15) is 11.6 Å². The van der Waals surface area contributed by atoms with Crippen LogP contribution in [-0.4, -0.2) is 14.1 Å². The van der Waals surface area contributed by atoms with Crippen LogP contribution in [0.15, 0.2) is 194 Å². The van der Waals surface area contributed by atoms with Gasteiger partial charge in [0.15, 0.2) is 0 Å². The van der Waals surface area contributed by atoms with Crippen molar-refractivity contribution in [3.8, 4) is 74.2 Å². The number of para-hydroxylation sites is 2. The molecule has 0 saturated heterocycles. The summed E-state index contributed by atoms with van der Waals surface area (Å²) in [7, 11) is 0. The normalized spacial score (nSPS) is 11.2. The molecule has 0 unspecified atom stereocenters. The summed E-state index contributed by atoms with van der Waals surface area (Å²) in [6.45, 7) is 0. The highest BCUT2D eigenvalue weighted by Gasteiger charge is 2.24. The van der Waals surface area contributed by atoms with E-state index in [1.165, 1.54) is 0 Å². The molecular weight excluding hydrogens is 757 g/mol. The molecule has 3 heterocycles. The van der Waals surface area contributed by atoms with Crippen LogP contribution < -0.4 is 0 Å². The number of nitriles is 3. The van der Waals surface area contributed by atoms with E-state index in [9.17, 15) is 15.8 Å². The fraction of sp³-hybridized carbons (Fsp3) is 0. The summed E-state index contributed by atoms with van der Waals surface area (Å²) < 4.78 is 4.47. The molecule has 3 aromatic heterocycles. The van der Waals surface area contributed by atoms with Crippen LogP contribution in [0, 0.1) is 34.0 Å². The molecule has 0 aliphatic rings. The highest BCUT2D eigenvalue weighted by Crippen LogP contribution is 2.43. The van der Waals surface area contributed by atoms with Crippen molar-refractivity contribution in [2.24, 2.45) is 0 Å². The average Bonchev–Trinajstić information content (AvgIpc) is 3.86. The summed E-state index contributed by atoms with van der Waals surface area (Å²) in [4.78, 5) is 4.95. The second-order valence-electron chi connectivity index (χ2n) is 15.3. The molecule has 62 heavy (non-hydrogen) atoms. The van der Waals surface area contributed by atoms with Gasteiger partial charge in [-0.2, -0.15) is 15.8 Å². The Bertz CT molecular complexity index is 3510. The lowest BCUT2D eigenvalue weighted by Crippen LogP contribution is -2.05. The van der Waals surface area contributed by atoms with Gasteiger partial charge >= 0.3 is 0 Å². The largest absolute Gasteiger partial charge is 0.308 e. The Hall–Kier alpha value is -9.02. The summed E-state index contributed by atoms with van der Waals surface area (Å²) in [5.74, 6) is 0. The highest BCUT2D eigenvalue weighted by molar-refractivity contribution is 6.12. The number of benzene rings is 8. The molecule has 0 fully saturated rings. The fourth-order valence-electron chi connectivity index (χ4n) is 8.99. The van der Waals surface area contributed by atoms with E-state index in [2.05, 4.69) is 130 Å². The molecule has 286 valence electrons. The standard InChI is InChI=1S/C56H32N6/c57-33-36-16-20-38(21-17-36)41-24-26-47-45-11-4-6-14-50(45)61(52(47)29-41)54-31-43(44-13-8-28-60-56(44)40-9-2-1-3-10-40)32-55(49(54)35-59)62-51-15-7-5-12-46(51)48-27-25-42(30-53(48)62)39-22-18-37(34-58)19-23-39/h1-32H. The maximum Gasteiger partial charge on any atom is 0.104 e. The van der Waals surface area contributed by atoms with Crippen LogP contribution in [0.5, 0.6) is 0 Å². The summed E-state index contributed by atoms with van der Waals surface area (Å²) in [5, 5.41) is 34.9. The molecular formula is C56H32N6. The van der Waals surface area contributed by atoms with Crippen molar-refractivity contribution in [3.05, 3.63) is 211 Å². The maximum atomic E-state index is 11.6. The Balaban J connectivity index is 1.26. The summed E-state index contributed by atoms with van der Waals surface area (Å²) in [6.07, 6.45) is 1.83. The van der Waals surface area contributed by atoms with Crippen molar-refractivity contribution in [3.63, 3.8) is 0 Å². The minimum absolute atomic E-state index is 0.511. The molecule has 0 aliphatic carbocycles. The first kappa shape index (κ1) is 36.1. The number of nitrogens with zero attached hydrogens (tertiary/aromatic N) is 6. The second kappa shape index (κ2) is 14.7. The SMILES string of the molecule is N#Cc1ccc(-c2ccc3c4ccccc4n(-c4cc(-c5cccnc5-c5ccccc5)cc(-n5c6ccccc6c6ccc(-c7ccc(C#N)cc7)cc65)c4C#N)c3c2)cc1. The van der Waals surface area contributed by atoms with E-state index in [1.807, 2.05) is 91.1 Å². The van der Waals surface area contributed by atoms with Gasteiger partial charge in [0.25, 0.3) is 0 Å². The zero-order chi connectivity index (χ0) is 41.7. The van der Waals surface area contributed by atoms with E-state index in [0.717, 1.165) is 99.6 Å². The first-order valence-corrected chi connectivity index (χ1v) is 20.3. The summed E-state index contributed by atoms with van der Waals surface area (Å²) >= 11 is 0. The van der Waals surface area contributed by atoms with Gasteiger partial charge in [0.2, 0.25) is 0 Å². The van der Waals surface area contributed by atoms with E-state index < -0.39 is 0 Å². The minimum Gasteiger partial charge on any atom is -0.308 e. The zero-order valence-corrected chi connectivity index (χ0v) is 33.2. The number of hydrogen-bond acceptors (Lipinski definition) is 4. The van der Waals surface area contributed by atoms with Crippen LogP contribution in [0.1, 0.15) is 16.7 Å². The third kappa shape index (κ3) is 5.82. The smallest absolute Gasteiger partial charge is 0.104 e. The first-order valence-electron chi connectivity index (χ1n) is 20.3. The van der Waals surface area contributed by atoms with Crippen molar-refractivity contribution in [1.29, 1.82) is 15.8 Å². The maximum absolute atomic E-state index is 11.6. The van der Waals surface area contributed by atoms with Crippen LogP contribution >= 0.6 is 0 Å². The van der Waals surface area contributed by atoms with Crippen LogP contribution in [0.2, 0.25) is 0 Å². The summed E-state index contributed by atoms with van der Waals surface area (Å²) in [5.41, 5.74) is 14.7. The van der Waals surface area contributed by atoms with Crippen LogP contribution in [0.4, 0.5) is 0 Å². The van der Waals surface area contributed by atoms with E-state index in [1.54, 1.807) is 0 Å². The molecule has 6 heteroatoms. The Morgan fingerprint density at radius 2 is 0.823 bits per heavy atom. The van der Waals surface area contributed by atoms with Crippen molar-refractivity contribution in [2.45, 2.75) is 0 Å². The van der Waals surface area contributed by atoms with Crippen LogP contribution in [0.25, 0.3) is 99.6 Å². The van der Waals surface area contributed by atoms with E-state index in [0.29, 0.717) is 16.7 Å². The number of pyridine rings is 1. The topological polar surface area (TPSA) is 94.1 Å². The molecule has 0 spiro atoms. The molecule has 11 rings (SSSR count). The van der Waals surface area contributed by atoms with Crippen LogP contribution in [0.3, 0.4) is 0 Å². The lowest BCUT2D eigenvalue weighted by atomic mass is 9.96. The van der Waals surface area contributed by atoms with Crippen LogP contribution in [-0.2, 0) is 0 Å². The second-order valence-corrected chi connectivity index (χ2v) is 15.3. The number of fused-ring (bicyclic) bond motifs is 6. The molecule has 0 bridgehead atoms. The molecule has 11 aromatic rings. The minimum atomic E-state index is 0.511. The molecule has 0 N–H and O–H groups in total. The highest BCUT2D eigenvalue weighted by atomic mass is 15.0. The lowest BCUT2D eigenvalue weighted by molar-refractivity contribution is 1.12. The van der Waals surface area contributed by atoms with Gasteiger partial charge in [-0.3, -0.25) is 4.98 Å².